The Morgan fingerprint density at radius 2 is 1.65 bits per heavy atom. The Balaban J connectivity index is 3.60. The molecule has 9 heteroatoms. The van der Waals surface area contributed by atoms with Crippen molar-refractivity contribution in [2.45, 2.75) is 30.4 Å². The molecule has 0 amide bonds. The van der Waals surface area contributed by atoms with Crippen molar-refractivity contribution in [3.8, 4) is 0 Å². The molecule has 0 saturated heterocycles. The van der Waals surface area contributed by atoms with Crippen LogP contribution in [-0.4, -0.2) is 28.6 Å². The molecular formula is C11H16N2O5S2. The van der Waals surface area contributed by atoms with Crippen LogP contribution in [-0.2, 0) is 19.8 Å². The number of sulfonamides is 1. The van der Waals surface area contributed by atoms with E-state index in [4.69, 9.17) is 0 Å². The maximum Gasteiger partial charge on any atom is 0.296 e. The normalized spacial score (nSPS) is 15.4. The maximum atomic E-state index is 12.4. The summed E-state index contributed by atoms with van der Waals surface area (Å²) < 4.78 is 39.3. The second kappa shape index (κ2) is 5.13. The number of para-hydroxylation sites is 1. The standard InChI is InChI=1S/C11H16N2O5S2/c1-11(2,3)19(4,16)12-20(17,18)10-8-6-5-7-9(10)13(14)15/h5-8H,1-4H3. The predicted molar refractivity (Wildman–Crippen MR) is 76.5 cm³/mol. The van der Waals surface area contributed by atoms with Crippen molar-refractivity contribution in [3.05, 3.63) is 34.4 Å². The first-order chi connectivity index (χ1) is 8.88. The number of hydrogen-bond donors (Lipinski definition) is 0. The molecule has 0 heterocycles. The molecule has 0 spiro atoms. The minimum Gasteiger partial charge on any atom is -0.258 e. The van der Waals surface area contributed by atoms with Gasteiger partial charge in [0.2, 0.25) is 0 Å². The van der Waals surface area contributed by atoms with Gasteiger partial charge in [0.05, 0.1) is 14.7 Å². The Labute approximate surface area is 118 Å². The molecule has 0 bridgehead atoms. The summed E-state index contributed by atoms with van der Waals surface area (Å²) in [4.78, 5) is 9.50. The van der Waals surface area contributed by atoms with Crippen molar-refractivity contribution < 1.29 is 17.6 Å². The Morgan fingerprint density at radius 3 is 2.10 bits per heavy atom. The molecule has 1 rings (SSSR count). The topological polar surface area (TPSA) is 107 Å². The molecule has 112 valence electrons. The molecule has 0 radical (unpaired) electrons. The molecule has 1 unspecified atom stereocenters. The lowest BCUT2D eigenvalue weighted by atomic mass is 10.3. The first kappa shape index (κ1) is 16.6. The minimum atomic E-state index is -4.37. The highest BCUT2D eigenvalue weighted by Crippen LogP contribution is 2.27. The third-order valence-electron chi connectivity index (χ3n) is 2.72. The molecule has 1 aromatic rings. The van der Waals surface area contributed by atoms with Gasteiger partial charge in [0.1, 0.15) is 0 Å². The SMILES string of the molecule is CC(C)(C)S(C)(=O)=NS(=O)(=O)c1ccccc1[N+](=O)[O-]. The van der Waals surface area contributed by atoms with Gasteiger partial charge in [-0.15, -0.1) is 3.77 Å². The highest BCUT2D eigenvalue weighted by Gasteiger charge is 2.30. The Kier molecular flexibility index (Phi) is 4.25. The number of nitrogens with zero attached hydrogens (tertiary/aromatic N) is 2. The van der Waals surface area contributed by atoms with E-state index in [0.717, 1.165) is 12.1 Å². The van der Waals surface area contributed by atoms with Crippen LogP contribution in [0, 0.1) is 10.1 Å². The quantitative estimate of drug-likeness (QED) is 0.626. The van der Waals surface area contributed by atoms with Crippen molar-refractivity contribution in [3.63, 3.8) is 0 Å². The van der Waals surface area contributed by atoms with E-state index in [2.05, 4.69) is 3.77 Å². The third kappa shape index (κ3) is 3.34. The van der Waals surface area contributed by atoms with Crippen LogP contribution in [0.4, 0.5) is 5.69 Å². The summed E-state index contributed by atoms with van der Waals surface area (Å²) in [6, 6.07) is 4.85. The van der Waals surface area contributed by atoms with E-state index in [1.807, 2.05) is 0 Å². The van der Waals surface area contributed by atoms with Crippen molar-refractivity contribution in [2.75, 3.05) is 6.26 Å². The zero-order chi connectivity index (χ0) is 15.8. The van der Waals surface area contributed by atoms with Gasteiger partial charge >= 0.3 is 0 Å². The van der Waals surface area contributed by atoms with E-state index in [1.54, 1.807) is 20.8 Å². The molecule has 20 heavy (non-hydrogen) atoms. The van der Waals surface area contributed by atoms with Crippen molar-refractivity contribution >= 4 is 25.4 Å². The lowest BCUT2D eigenvalue weighted by Gasteiger charge is -2.20. The first-order valence-electron chi connectivity index (χ1n) is 5.60. The first-order valence-corrected chi connectivity index (χ1v) is 8.96. The summed E-state index contributed by atoms with van der Waals surface area (Å²) in [6.45, 7) is 4.77. The van der Waals surface area contributed by atoms with Gasteiger partial charge in [0.15, 0.2) is 4.90 Å². The van der Waals surface area contributed by atoms with Crippen LogP contribution in [0.25, 0.3) is 0 Å². The Bertz CT molecular complexity index is 753. The molecule has 0 N–H and O–H groups in total. The number of rotatable bonds is 3. The van der Waals surface area contributed by atoms with Crippen molar-refractivity contribution in [1.82, 2.24) is 0 Å². The fourth-order valence-electron chi connectivity index (χ4n) is 1.17. The zero-order valence-corrected chi connectivity index (χ0v) is 13.2. The monoisotopic (exact) mass is 320 g/mol. The smallest absolute Gasteiger partial charge is 0.258 e. The van der Waals surface area contributed by atoms with Gasteiger partial charge in [-0.25, -0.2) is 4.21 Å². The molecule has 0 aliphatic rings. The largest absolute Gasteiger partial charge is 0.296 e. The van der Waals surface area contributed by atoms with Crippen LogP contribution in [0.3, 0.4) is 0 Å². The molecule has 0 saturated carbocycles. The maximum absolute atomic E-state index is 12.4. The molecule has 0 aromatic heterocycles. The molecule has 0 aliphatic heterocycles. The summed E-state index contributed by atoms with van der Waals surface area (Å²) >= 11 is 0. The fourth-order valence-corrected chi connectivity index (χ4v) is 4.54. The van der Waals surface area contributed by atoms with E-state index >= 15 is 0 Å². The highest BCUT2D eigenvalue weighted by atomic mass is 32.3. The van der Waals surface area contributed by atoms with Crippen molar-refractivity contribution in [1.29, 1.82) is 0 Å². The van der Waals surface area contributed by atoms with Crippen LogP contribution in [0.15, 0.2) is 32.9 Å². The molecular weight excluding hydrogens is 304 g/mol. The van der Waals surface area contributed by atoms with Crippen LogP contribution in [0.1, 0.15) is 20.8 Å². The predicted octanol–water partition coefficient (Wildman–Crippen LogP) is 2.18. The summed E-state index contributed by atoms with van der Waals surface area (Å²) in [5.41, 5.74) is -0.583. The Hall–Kier alpha value is -1.48. The van der Waals surface area contributed by atoms with Crippen LogP contribution in [0.5, 0.6) is 0 Å². The third-order valence-corrected chi connectivity index (χ3v) is 7.81. The number of nitro benzene ring substituents is 1. The van der Waals surface area contributed by atoms with E-state index in [1.165, 1.54) is 18.4 Å². The van der Waals surface area contributed by atoms with Gasteiger partial charge in [-0.1, -0.05) is 12.1 Å². The van der Waals surface area contributed by atoms with Gasteiger partial charge in [-0.2, -0.15) is 8.42 Å². The highest BCUT2D eigenvalue weighted by molar-refractivity contribution is 8.03. The van der Waals surface area contributed by atoms with Gasteiger partial charge in [0, 0.05) is 17.1 Å². The summed E-state index contributed by atoms with van der Waals surface area (Å²) in [6.07, 6.45) is 1.22. The van der Waals surface area contributed by atoms with Gasteiger partial charge < -0.3 is 0 Å². The lowest BCUT2D eigenvalue weighted by Crippen LogP contribution is -2.27. The van der Waals surface area contributed by atoms with Crippen LogP contribution >= 0.6 is 0 Å². The number of nitro groups is 1. The zero-order valence-electron chi connectivity index (χ0n) is 11.6. The second-order valence-electron chi connectivity index (χ2n) is 5.19. The molecule has 0 aliphatic carbocycles. The molecule has 1 aromatic carbocycles. The Morgan fingerprint density at radius 1 is 1.15 bits per heavy atom. The average Bonchev–Trinajstić information content (AvgIpc) is 2.26. The van der Waals surface area contributed by atoms with E-state index in [-0.39, 0.29) is 0 Å². The van der Waals surface area contributed by atoms with Crippen molar-refractivity contribution in [2.24, 2.45) is 3.77 Å². The summed E-state index contributed by atoms with van der Waals surface area (Å²) in [5.74, 6) is 0. The molecule has 1 atom stereocenters. The van der Waals surface area contributed by atoms with E-state index in [9.17, 15) is 22.7 Å². The summed E-state index contributed by atoms with van der Waals surface area (Å²) in [5, 5.41) is 10.9. The fraction of sp³-hybridized carbons (Fsp3) is 0.455. The molecule has 7 nitrogen and oxygen atoms in total. The van der Waals surface area contributed by atoms with Gasteiger partial charge in [0.25, 0.3) is 15.7 Å². The lowest BCUT2D eigenvalue weighted by molar-refractivity contribution is -0.387. The van der Waals surface area contributed by atoms with Crippen LogP contribution in [0.2, 0.25) is 0 Å². The van der Waals surface area contributed by atoms with Gasteiger partial charge in [-0.05, 0) is 26.8 Å². The van der Waals surface area contributed by atoms with Gasteiger partial charge in [-0.3, -0.25) is 10.1 Å². The number of benzene rings is 1. The number of hydrogen-bond acceptors (Lipinski definition) is 5. The average molecular weight is 320 g/mol. The second-order valence-corrected chi connectivity index (χ2v) is 10.0. The van der Waals surface area contributed by atoms with E-state index < -0.39 is 40.0 Å². The minimum absolute atomic E-state index is 0.552. The molecule has 0 fully saturated rings. The summed E-state index contributed by atoms with van der Waals surface area (Å²) in [7, 11) is -7.45. The van der Waals surface area contributed by atoms with E-state index in [0.29, 0.717) is 0 Å². The van der Waals surface area contributed by atoms with Crippen LogP contribution < -0.4 is 0 Å².